The fourth-order valence-corrected chi connectivity index (χ4v) is 2.14. The van der Waals surface area contributed by atoms with E-state index in [2.05, 4.69) is 45.6 Å². The predicted molar refractivity (Wildman–Crippen MR) is 59.2 cm³/mol. The Morgan fingerprint density at radius 1 is 1.33 bits per heavy atom. The maximum atomic E-state index is 3.88. The molecule has 0 unspecified atom stereocenters. The first-order chi connectivity index (χ1) is 7.45. The summed E-state index contributed by atoms with van der Waals surface area (Å²) in [5, 5.41) is 6.69. The molecule has 15 heavy (non-hydrogen) atoms. The van der Waals surface area contributed by atoms with Gasteiger partial charge in [0.2, 0.25) is 0 Å². The van der Waals surface area contributed by atoms with Crippen LogP contribution in [0, 0.1) is 6.20 Å². The Labute approximate surface area is 88.7 Å². The normalized spacial score (nSPS) is 15.1. The Hall–Kier alpha value is -1.77. The summed E-state index contributed by atoms with van der Waals surface area (Å²) >= 11 is 0. The van der Waals surface area contributed by atoms with Crippen LogP contribution in [0.25, 0.3) is 0 Å². The number of rotatable bonds is 1. The minimum absolute atomic E-state index is 1.03. The molecule has 1 radical (unpaired) electrons. The van der Waals surface area contributed by atoms with Crippen molar-refractivity contribution < 1.29 is 0 Å². The van der Waals surface area contributed by atoms with Crippen molar-refractivity contribution in [3.05, 3.63) is 42.2 Å². The first kappa shape index (κ1) is 8.53. The molecule has 0 amide bonds. The summed E-state index contributed by atoms with van der Waals surface area (Å²) in [4.78, 5) is 2.27. The molecule has 0 saturated carbocycles. The van der Waals surface area contributed by atoms with Gasteiger partial charge >= 0.3 is 0 Å². The summed E-state index contributed by atoms with van der Waals surface area (Å²) in [7, 11) is 0. The summed E-state index contributed by atoms with van der Waals surface area (Å²) < 4.78 is 0. The number of anilines is 2. The van der Waals surface area contributed by atoms with E-state index in [0.717, 1.165) is 12.2 Å². The first-order valence-corrected chi connectivity index (χ1v) is 5.22. The Morgan fingerprint density at radius 3 is 3.13 bits per heavy atom. The van der Waals surface area contributed by atoms with Gasteiger partial charge in [0.15, 0.2) is 0 Å². The molecule has 0 aliphatic carbocycles. The maximum Gasteiger partial charge on any atom is 0.138 e. The van der Waals surface area contributed by atoms with E-state index in [1.54, 1.807) is 0 Å². The molecular weight excluding hydrogens is 186 g/mol. The SMILES string of the molecule is [c]1n[nH]cc1N1CCCc2ccccc21. The van der Waals surface area contributed by atoms with Gasteiger partial charge in [-0.05, 0) is 24.5 Å². The minimum Gasteiger partial charge on any atom is -0.338 e. The average Bonchev–Trinajstić information content (AvgIpc) is 2.82. The fraction of sp³-hybridized carbons (Fsp3) is 0.250. The van der Waals surface area contributed by atoms with Crippen molar-refractivity contribution in [2.24, 2.45) is 0 Å². The topological polar surface area (TPSA) is 31.9 Å². The lowest BCUT2D eigenvalue weighted by atomic mass is 10.0. The molecule has 2 aromatic rings. The van der Waals surface area contributed by atoms with Crippen LogP contribution >= 0.6 is 0 Å². The van der Waals surface area contributed by atoms with Crippen LogP contribution in [0.4, 0.5) is 11.4 Å². The van der Waals surface area contributed by atoms with E-state index in [1.807, 2.05) is 6.20 Å². The van der Waals surface area contributed by atoms with Crippen molar-refractivity contribution in [2.45, 2.75) is 12.8 Å². The third kappa shape index (κ3) is 1.40. The van der Waals surface area contributed by atoms with Gasteiger partial charge in [0, 0.05) is 18.4 Å². The number of nitrogens with one attached hydrogen (secondary N) is 1. The minimum atomic E-state index is 1.03. The molecule has 1 aliphatic rings. The van der Waals surface area contributed by atoms with Gasteiger partial charge in [-0.25, -0.2) is 0 Å². The summed E-state index contributed by atoms with van der Waals surface area (Å²) in [6.07, 6.45) is 7.22. The van der Waals surface area contributed by atoms with Crippen molar-refractivity contribution in [2.75, 3.05) is 11.4 Å². The standard InChI is InChI=1S/C12H12N3/c1-2-6-12-10(4-1)5-3-7-15(12)11-8-13-14-9-11/h1-2,4,6,8H,3,5,7H2,(H,13,14). The third-order valence-electron chi connectivity index (χ3n) is 2.84. The number of nitrogens with zero attached hydrogens (tertiary/aromatic N) is 2. The zero-order chi connectivity index (χ0) is 10.1. The highest BCUT2D eigenvalue weighted by Gasteiger charge is 2.18. The second kappa shape index (κ2) is 3.42. The van der Waals surface area contributed by atoms with Gasteiger partial charge in [0.1, 0.15) is 6.20 Å². The van der Waals surface area contributed by atoms with Crippen LogP contribution in [0.1, 0.15) is 12.0 Å². The quantitative estimate of drug-likeness (QED) is 0.762. The van der Waals surface area contributed by atoms with Gasteiger partial charge < -0.3 is 4.90 Å². The number of aromatic nitrogens is 2. The van der Waals surface area contributed by atoms with Gasteiger partial charge in [-0.3, -0.25) is 5.10 Å². The molecule has 75 valence electrons. The molecule has 1 aromatic carbocycles. The molecule has 2 heterocycles. The van der Waals surface area contributed by atoms with Gasteiger partial charge in [-0.15, -0.1) is 0 Å². The van der Waals surface area contributed by atoms with Crippen LogP contribution in [0.2, 0.25) is 0 Å². The van der Waals surface area contributed by atoms with Crippen molar-refractivity contribution >= 4 is 11.4 Å². The molecule has 1 N–H and O–H groups in total. The summed E-state index contributed by atoms with van der Waals surface area (Å²) in [5.74, 6) is 0. The lowest BCUT2D eigenvalue weighted by Gasteiger charge is -2.29. The van der Waals surface area contributed by atoms with Crippen LogP contribution < -0.4 is 4.90 Å². The molecule has 0 atom stereocenters. The number of aromatic amines is 1. The number of aryl methyl sites for hydroxylation is 1. The van der Waals surface area contributed by atoms with Crippen LogP contribution in [0.15, 0.2) is 30.5 Å². The zero-order valence-electron chi connectivity index (χ0n) is 8.40. The average molecular weight is 198 g/mol. The van der Waals surface area contributed by atoms with Crippen molar-refractivity contribution in [3.63, 3.8) is 0 Å². The van der Waals surface area contributed by atoms with Gasteiger partial charge in [0.25, 0.3) is 0 Å². The van der Waals surface area contributed by atoms with Crippen LogP contribution in [0.5, 0.6) is 0 Å². The molecular formula is C12H12N3. The van der Waals surface area contributed by atoms with E-state index in [9.17, 15) is 0 Å². The van der Waals surface area contributed by atoms with E-state index < -0.39 is 0 Å². The van der Waals surface area contributed by atoms with Gasteiger partial charge in [-0.2, -0.15) is 5.10 Å². The molecule has 0 bridgehead atoms. The molecule has 0 spiro atoms. The molecule has 1 aromatic heterocycles. The van der Waals surface area contributed by atoms with E-state index in [1.165, 1.54) is 24.1 Å². The number of hydrogen-bond acceptors (Lipinski definition) is 2. The summed E-state index contributed by atoms with van der Waals surface area (Å²) in [6.45, 7) is 1.05. The molecule has 1 aliphatic heterocycles. The second-order valence-electron chi connectivity index (χ2n) is 3.77. The molecule has 0 saturated heterocycles. The lowest BCUT2D eigenvalue weighted by molar-refractivity contribution is 0.767. The maximum absolute atomic E-state index is 3.88. The Morgan fingerprint density at radius 2 is 2.27 bits per heavy atom. The fourth-order valence-electron chi connectivity index (χ4n) is 2.14. The Kier molecular flexibility index (Phi) is 1.95. The largest absolute Gasteiger partial charge is 0.338 e. The molecule has 3 rings (SSSR count). The highest BCUT2D eigenvalue weighted by molar-refractivity contribution is 5.66. The zero-order valence-corrected chi connectivity index (χ0v) is 8.40. The lowest BCUT2D eigenvalue weighted by Crippen LogP contribution is -2.23. The van der Waals surface area contributed by atoms with Crippen molar-refractivity contribution in [1.29, 1.82) is 0 Å². The number of benzene rings is 1. The highest BCUT2D eigenvalue weighted by atomic mass is 15.2. The Bertz CT molecular complexity index is 448. The van der Waals surface area contributed by atoms with Crippen molar-refractivity contribution in [3.8, 4) is 0 Å². The van der Waals surface area contributed by atoms with Crippen LogP contribution in [-0.4, -0.2) is 16.7 Å². The predicted octanol–water partition coefficient (Wildman–Crippen LogP) is 2.29. The molecule has 0 fully saturated rings. The second-order valence-corrected chi connectivity index (χ2v) is 3.77. The van der Waals surface area contributed by atoms with E-state index >= 15 is 0 Å². The smallest absolute Gasteiger partial charge is 0.138 e. The monoisotopic (exact) mass is 198 g/mol. The third-order valence-corrected chi connectivity index (χ3v) is 2.84. The van der Waals surface area contributed by atoms with E-state index in [4.69, 9.17) is 0 Å². The highest BCUT2D eigenvalue weighted by Crippen LogP contribution is 2.32. The number of H-pyrrole nitrogens is 1. The Balaban J connectivity index is 2.06. The first-order valence-electron chi connectivity index (χ1n) is 5.22. The number of para-hydroxylation sites is 1. The van der Waals surface area contributed by atoms with Gasteiger partial charge in [0.05, 0.1) is 5.69 Å². The van der Waals surface area contributed by atoms with Crippen LogP contribution in [0.3, 0.4) is 0 Å². The van der Waals surface area contributed by atoms with Crippen LogP contribution in [-0.2, 0) is 6.42 Å². The van der Waals surface area contributed by atoms with Gasteiger partial charge in [-0.1, -0.05) is 18.2 Å². The van der Waals surface area contributed by atoms with E-state index in [-0.39, 0.29) is 0 Å². The molecule has 3 nitrogen and oxygen atoms in total. The summed E-state index contributed by atoms with van der Waals surface area (Å²) in [6, 6.07) is 8.54. The van der Waals surface area contributed by atoms with Crippen molar-refractivity contribution in [1.82, 2.24) is 10.2 Å². The number of hydrogen-bond donors (Lipinski definition) is 1. The number of fused-ring (bicyclic) bond motifs is 1. The molecule has 3 heteroatoms. The summed E-state index contributed by atoms with van der Waals surface area (Å²) in [5.41, 5.74) is 3.74. The van der Waals surface area contributed by atoms with E-state index in [0.29, 0.717) is 0 Å².